The Labute approximate surface area is 102 Å². The lowest BCUT2D eigenvalue weighted by atomic mass is 9.89. The normalized spacial score (nSPS) is 17.8. The Morgan fingerprint density at radius 2 is 1.94 bits per heavy atom. The average molecular weight is 229 g/mol. The van der Waals surface area contributed by atoms with E-state index in [-0.39, 0.29) is 0 Å². The van der Waals surface area contributed by atoms with Crippen molar-refractivity contribution in [1.29, 1.82) is 0 Å². The molecule has 0 bridgehead atoms. The summed E-state index contributed by atoms with van der Waals surface area (Å²) in [5.74, 6) is 0.665. The molecule has 90 valence electrons. The standard InChI is InChI=1S/C15H19NO/c1-10-7-11(2)15-13(8-10)14(9-17-15)12-3-5-16-6-4-12/h7-9,12,16H,3-6H2,1-2H3. The molecule has 1 N–H and O–H groups in total. The lowest BCUT2D eigenvalue weighted by Gasteiger charge is -2.21. The Morgan fingerprint density at radius 1 is 1.18 bits per heavy atom. The molecule has 1 aliphatic rings. The van der Waals surface area contributed by atoms with E-state index < -0.39 is 0 Å². The predicted octanol–water partition coefficient (Wildman–Crippen LogP) is 3.52. The quantitative estimate of drug-likeness (QED) is 0.809. The Hall–Kier alpha value is -1.28. The van der Waals surface area contributed by atoms with Gasteiger partial charge < -0.3 is 9.73 Å². The second-order valence-electron chi connectivity index (χ2n) is 5.17. The van der Waals surface area contributed by atoms with Crippen LogP contribution >= 0.6 is 0 Å². The van der Waals surface area contributed by atoms with Crippen LogP contribution in [0.4, 0.5) is 0 Å². The molecule has 0 unspecified atom stereocenters. The number of fused-ring (bicyclic) bond motifs is 1. The largest absolute Gasteiger partial charge is 0.464 e. The van der Waals surface area contributed by atoms with Crippen LogP contribution in [0.1, 0.15) is 35.4 Å². The third kappa shape index (κ3) is 1.87. The van der Waals surface area contributed by atoms with Gasteiger partial charge in [-0.2, -0.15) is 0 Å². The molecule has 1 aromatic carbocycles. The Morgan fingerprint density at radius 3 is 2.71 bits per heavy atom. The molecule has 0 radical (unpaired) electrons. The van der Waals surface area contributed by atoms with E-state index in [4.69, 9.17) is 4.42 Å². The summed E-state index contributed by atoms with van der Waals surface area (Å²) in [6, 6.07) is 4.46. The zero-order valence-corrected chi connectivity index (χ0v) is 10.5. The van der Waals surface area contributed by atoms with Gasteiger partial charge in [0, 0.05) is 10.9 Å². The van der Waals surface area contributed by atoms with Crippen molar-refractivity contribution in [3.63, 3.8) is 0 Å². The van der Waals surface area contributed by atoms with E-state index in [9.17, 15) is 0 Å². The van der Waals surface area contributed by atoms with Gasteiger partial charge in [-0.3, -0.25) is 0 Å². The van der Waals surface area contributed by atoms with Crippen molar-refractivity contribution >= 4 is 11.0 Å². The van der Waals surface area contributed by atoms with Gasteiger partial charge in [0.2, 0.25) is 0 Å². The van der Waals surface area contributed by atoms with E-state index in [1.165, 1.54) is 34.9 Å². The molecule has 1 aliphatic heterocycles. The second-order valence-corrected chi connectivity index (χ2v) is 5.17. The fourth-order valence-corrected chi connectivity index (χ4v) is 2.96. The highest BCUT2D eigenvalue weighted by Crippen LogP contribution is 2.34. The number of aryl methyl sites for hydroxylation is 2. The molecule has 2 heteroatoms. The highest BCUT2D eigenvalue weighted by atomic mass is 16.3. The van der Waals surface area contributed by atoms with E-state index in [0.29, 0.717) is 5.92 Å². The van der Waals surface area contributed by atoms with Crippen molar-refractivity contribution in [3.8, 4) is 0 Å². The van der Waals surface area contributed by atoms with Crippen molar-refractivity contribution in [1.82, 2.24) is 5.32 Å². The number of hydrogen-bond acceptors (Lipinski definition) is 2. The molecule has 0 atom stereocenters. The topological polar surface area (TPSA) is 25.2 Å². The van der Waals surface area contributed by atoms with E-state index in [1.54, 1.807) is 0 Å². The molecular formula is C15H19NO. The van der Waals surface area contributed by atoms with Gasteiger partial charge in [-0.15, -0.1) is 0 Å². The first-order valence-corrected chi connectivity index (χ1v) is 6.45. The Bertz CT molecular complexity index is 535. The maximum absolute atomic E-state index is 5.77. The second kappa shape index (κ2) is 4.19. The first-order chi connectivity index (χ1) is 8.25. The van der Waals surface area contributed by atoms with Crippen molar-refractivity contribution in [2.75, 3.05) is 13.1 Å². The number of benzene rings is 1. The minimum Gasteiger partial charge on any atom is -0.464 e. The number of rotatable bonds is 1. The fourth-order valence-electron chi connectivity index (χ4n) is 2.96. The third-order valence-corrected chi connectivity index (χ3v) is 3.81. The van der Waals surface area contributed by atoms with Crippen LogP contribution in [-0.2, 0) is 0 Å². The van der Waals surface area contributed by atoms with Gasteiger partial charge in [-0.05, 0) is 62.9 Å². The monoisotopic (exact) mass is 229 g/mol. The van der Waals surface area contributed by atoms with Crippen molar-refractivity contribution in [2.24, 2.45) is 0 Å². The van der Waals surface area contributed by atoms with Crippen molar-refractivity contribution < 1.29 is 4.42 Å². The lowest BCUT2D eigenvalue weighted by Crippen LogP contribution is -2.26. The summed E-state index contributed by atoms with van der Waals surface area (Å²) in [5.41, 5.74) is 5.06. The van der Waals surface area contributed by atoms with Gasteiger partial charge in [-0.1, -0.05) is 6.07 Å². The summed E-state index contributed by atoms with van der Waals surface area (Å²) in [7, 11) is 0. The molecule has 1 fully saturated rings. The molecule has 17 heavy (non-hydrogen) atoms. The zero-order chi connectivity index (χ0) is 11.8. The van der Waals surface area contributed by atoms with Crippen LogP contribution in [0, 0.1) is 13.8 Å². The van der Waals surface area contributed by atoms with Crippen LogP contribution in [0.2, 0.25) is 0 Å². The first kappa shape index (κ1) is 10.8. The van der Waals surface area contributed by atoms with Crippen LogP contribution in [0.15, 0.2) is 22.8 Å². The highest BCUT2D eigenvalue weighted by Gasteiger charge is 2.20. The maximum Gasteiger partial charge on any atom is 0.137 e. The summed E-state index contributed by atoms with van der Waals surface area (Å²) >= 11 is 0. The van der Waals surface area contributed by atoms with Gasteiger partial charge >= 0.3 is 0 Å². The van der Waals surface area contributed by atoms with E-state index in [0.717, 1.165) is 18.7 Å². The minimum absolute atomic E-state index is 0.665. The molecule has 3 rings (SSSR count). The van der Waals surface area contributed by atoms with Gasteiger partial charge in [0.15, 0.2) is 0 Å². The summed E-state index contributed by atoms with van der Waals surface area (Å²) in [4.78, 5) is 0. The summed E-state index contributed by atoms with van der Waals surface area (Å²) in [5, 5.41) is 4.75. The maximum atomic E-state index is 5.77. The number of piperidine rings is 1. The Balaban J connectivity index is 2.10. The Kier molecular flexibility index (Phi) is 2.67. The molecule has 0 saturated carbocycles. The number of furan rings is 1. The van der Waals surface area contributed by atoms with Crippen LogP contribution in [0.25, 0.3) is 11.0 Å². The lowest BCUT2D eigenvalue weighted by molar-refractivity contribution is 0.457. The van der Waals surface area contributed by atoms with Gasteiger partial charge in [0.25, 0.3) is 0 Å². The van der Waals surface area contributed by atoms with Gasteiger partial charge in [-0.25, -0.2) is 0 Å². The van der Waals surface area contributed by atoms with E-state index in [2.05, 4.69) is 31.3 Å². The minimum atomic E-state index is 0.665. The van der Waals surface area contributed by atoms with Crippen molar-refractivity contribution in [3.05, 3.63) is 35.1 Å². The predicted molar refractivity (Wildman–Crippen MR) is 70.5 cm³/mol. The fraction of sp³-hybridized carbons (Fsp3) is 0.467. The summed E-state index contributed by atoms with van der Waals surface area (Å²) in [6.45, 7) is 6.54. The van der Waals surface area contributed by atoms with Crippen LogP contribution in [0.5, 0.6) is 0 Å². The number of hydrogen-bond donors (Lipinski definition) is 1. The van der Waals surface area contributed by atoms with E-state index >= 15 is 0 Å². The summed E-state index contributed by atoms with van der Waals surface area (Å²) < 4.78 is 5.77. The summed E-state index contributed by atoms with van der Waals surface area (Å²) in [6.07, 6.45) is 4.43. The molecule has 2 heterocycles. The van der Waals surface area contributed by atoms with Gasteiger partial charge in [0.05, 0.1) is 6.26 Å². The smallest absolute Gasteiger partial charge is 0.137 e. The molecular weight excluding hydrogens is 210 g/mol. The zero-order valence-electron chi connectivity index (χ0n) is 10.5. The molecule has 1 aromatic heterocycles. The number of nitrogens with one attached hydrogen (secondary N) is 1. The SMILES string of the molecule is Cc1cc(C)c2occ(C3CCNCC3)c2c1. The first-order valence-electron chi connectivity index (χ1n) is 6.45. The van der Waals surface area contributed by atoms with Gasteiger partial charge in [0.1, 0.15) is 5.58 Å². The molecule has 1 saturated heterocycles. The third-order valence-electron chi connectivity index (χ3n) is 3.81. The van der Waals surface area contributed by atoms with E-state index in [1.807, 2.05) is 6.26 Å². The molecule has 2 aromatic rings. The molecule has 0 amide bonds. The average Bonchev–Trinajstić information content (AvgIpc) is 2.74. The molecule has 2 nitrogen and oxygen atoms in total. The molecule has 0 spiro atoms. The van der Waals surface area contributed by atoms with Crippen LogP contribution < -0.4 is 5.32 Å². The highest BCUT2D eigenvalue weighted by molar-refractivity contribution is 5.85. The van der Waals surface area contributed by atoms with Crippen LogP contribution in [-0.4, -0.2) is 13.1 Å². The van der Waals surface area contributed by atoms with Crippen molar-refractivity contribution in [2.45, 2.75) is 32.6 Å². The molecule has 0 aliphatic carbocycles. The van der Waals surface area contributed by atoms with Crippen LogP contribution in [0.3, 0.4) is 0 Å².